The molecule has 17 heavy (non-hydrogen) atoms. The minimum Gasteiger partial charge on any atom is -0.387 e. The van der Waals surface area contributed by atoms with E-state index in [1.54, 1.807) is 7.05 Å². The van der Waals surface area contributed by atoms with Crippen LogP contribution in [0.2, 0.25) is 0 Å². The van der Waals surface area contributed by atoms with Crippen molar-refractivity contribution in [3.05, 3.63) is 40.8 Å². The molecule has 1 aliphatic carbocycles. The van der Waals surface area contributed by atoms with Crippen LogP contribution in [0.5, 0.6) is 0 Å². The van der Waals surface area contributed by atoms with Crippen LogP contribution < -0.4 is 0 Å². The Hall–Kier alpha value is -1.57. The maximum Gasteiger partial charge on any atom is 0.252 e. The van der Waals surface area contributed by atoms with Crippen molar-refractivity contribution in [1.29, 1.82) is 0 Å². The highest BCUT2D eigenvalue weighted by Crippen LogP contribution is 2.20. The summed E-state index contributed by atoms with van der Waals surface area (Å²) in [6, 6.07) is 0. The van der Waals surface area contributed by atoms with Gasteiger partial charge in [-0.1, -0.05) is 13.3 Å². The Balaban J connectivity index is 2.93. The van der Waals surface area contributed by atoms with Crippen LogP contribution in [-0.4, -0.2) is 29.6 Å². The molecule has 0 aromatic carbocycles. The van der Waals surface area contributed by atoms with Gasteiger partial charge in [0, 0.05) is 12.7 Å². The lowest BCUT2D eigenvalue weighted by Crippen LogP contribution is -2.27. The molecule has 92 valence electrons. The Morgan fingerprint density at radius 3 is 2.82 bits per heavy atom. The van der Waals surface area contributed by atoms with Gasteiger partial charge in [0.15, 0.2) is 0 Å². The van der Waals surface area contributed by atoms with Gasteiger partial charge in [0.25, 0.3) is 5.91 Å². The Morgan fingerprint density at radius 2 is 2.24 bits per heavy atom. The molecule has 0 aliphatic heterocycles. The molecule has 0 heterocycles. The molecule has 0 spiro atoms. The van der Waals surface area contributed by atoms with Gasteiger partial charge >= 0.3 is 0 Å². The van der Waals surface area contributed by atoms with Gasteiger partial charge in [0.2, 0.25) is 0 Å². The molecule has 1 N–H and O–H groups in total. The van der Waals surface area contributed by atoms with Crippen molar-refractivity contribution < 1.29 is 9.90 Å². The largest absolute Gasteiger partial charge is 0.387 e. The van der Waals surface area contributed by atoms with Gasteiger partial charge in [-0.15, -0.1) is 5.73 Å². The number of hydrogen-bond donors (Lipinski definition) is 1. The van der Waals surface area contributed by atoms with Gasteiger partial charge in [-0.05, 0) is 42.7 Å². The number of likely N-dealkylation sites (N-methyl/N-ethyl adjacent to an activating group) is 1. The minimum absolute atomic E-state index is 0.312. The Labute approximate surface area is 102 Å². The molecule has 0 radical (unpaired) electrons. The van der Waals surface area contributed by atoms with Crippen LogP contribution in [0.3, 0.4) is 0 Å². The first-order valence-corrected chi connectivity index (χ1v) is 5.82. The monoisotopic (exact) mass is 233 g/mol. The highest BCUT2D eigenvalue weighted by atomic mass is 16.3. The van der Waals surface area contributed by atoms with Crippen molar-refractivity contribution in [2.24, 2.45) is 0 Å². The summed E-state index contributed by atoms with van der Waals surface area (Å²) in [5.74, 6) is -0.312. The Kier molecular flexibility index (Phi) is 4.95. The molecule has 0 atom stereocenters. The number of rotatable bonds is 4. The maximum absolute atomic E-state index is 11.4. The fraction of sp³-hybridized carbons (Fsp3) is 0.429. The molecule has 0 aromatic heterocycles. The molecule has 0 saturated carbocycles. The lowest BCUT2D eigenvalue weighted by molar-refractivity contribution is -0.130. The molecule has 1 aliphatic rings. The molecule has 0 saturated heterocycles. The molecule has 3 heteroatoms. The van der Waals surface area contributed by atoms with Crippen molar-refractivity contribution in [3.8, 4) is 0 Å². The van der Waals surface area contributed by atoms with Gasteiger partial charge in [-0.25, -0.2) is 0 Å². The van der Waals surface area contributed by atoms with Crippen molar-refractivity contribution in [2.75, 3.05) is 13.7 Å². The topological polar surface area (TPSA) is 40.5 Å². The number of carbonyl (C=O) groups is 1. The smallest absolute Gasteiger partial charge is 0.252 e. The molecule has 0 bridgehead atoms. The van der Waals surface area contributed by atoms with Crippen LogP contribution in [-0.2, 0) is 4.79 Å². The quantitative estimate of drug-likeness (QED) is 0.756. The van der Waals surface area contributed by atoms with E-state index < -0.39 is 6.61 Å². The van der Waals surface area contributed by atoms with Crippen LogP contribution in [0.15, 0.2) is 40.8 Å². The Morgan fingerprint density at radius 1 is 1.53 bits per heavy atom. The summed E-state index contributed by atoms with van der Waals surface area (Å²) in [7, 11) is 1.66. The number of amides is 1. The van der Waals surface area contributed by atoms with Crippen molar-refractivity contribution >= 4 is 5.91 Å². The summed E-state index contributed by atoms with van der Waals surface area (Å²) < 4.78 is 0. The molecular weight excluding hydrogens is 214 g/mol. The highest BCUT2D eigenvalue weighted by molar-refractivity contribution is 5.79. The van der Waals surface area contributed by atoms with Crippen LogP contribution >= 0.6 is 0 Å². The third kappa shape index (κ3) is 3.45. The van der Waals surface area contributed by atoms with E-state index in [1.165, 1.54) is 10.5 Å². The predicted octanol–water partition coefficient (Wildman–Crippen LogP) is 2.16. The molecule has 1 amide bonds. The number of aliphatic hydroxyl groups is 1. The van der Waals surface area contributed by atoms with E-state index in [4.69, 9.17) is 5.11 Å². The molecule has 1 rings (SSSR count). The van der Waals surface area contributed by atoms with E-state index in [-0.39, 0.29) is 5.91 Å². The van der Waals surface area contributed by atoms with Crippen molar-refractivity contribution in [2.45, 2.75) is 26.7 Å². The number of aliphatic hydroxyl groups excluding tert-OH is 1. The van der Waals surface area contributed by atoms with Gasteiger partial charge in [0.1, 0.15) is 6.61 Å². The highest BCUT2D eigenvalue weighted by Gasteiger charge is 2.12. The summed E-state index contributed by atoms with van der Waals surface area (Å²) in [4.78, 5) is 12.9. The van der Waals surface area contributed by atoms with Crippen LogP contribution in [0.25, 0.3) is 0 Å². The molecule has 0 fully saturated rings. The molecule has 0 unspecified atom stereocenters. The Bertz CT molecular complexity index is 424. The van der Waals surface area contributed by atoms with E-state index >= 15 is 0 Å². The van der Waals surface area contributed by atoms with Crippen LogP contribution in [0.1, 0.15) is 26.7 Å². The van der Waals surface area contributed by atoms with E-state index in [0.717, 1.165) is 24.1 Å². The van der Waals surface area contributed by atoms with Crippen LogP contribution in [0.4, 0.5) is 0 Å². The van der Waals surface area contributed by atoms with Gasteiger partial charge in [-0.3, -0.25) is 4.79 Å². The predicted molar refractivity (Wildman–Crippen MR) is 68.2 cm³/mol. The second-order valence-electron chi connectivity index (χ2n) is 4.07. The van der Waals surface area contributed by atoms with Crippen molar-refractivity contribution in [1.82, 2.24) is 4.90 Å². The van der Waals surface area contributed by atoms with E-state index in [0.29, 0.717) is 0 Å². The average Bonchev–Trinajstić information content (AvgIpc) is 2.51. The summed E-state index contributed by atoms with van der Waals surface area (Å²) in [5.41, 5.74) is 6.28. The molecule has 0 aromatic rings. The zero-order valence-corrected chi connectivity index (χ0v) is 10.7. The third-order valence-electron chi connectivity index (χ3n) is 2.75. The summed E-state index contributed by atoms with van der Waals surface area (Å²) >= 11 is 0. The SMILES string of the molecule is CCCC1=C=CC=C(N(C)C(=O)CO)C=C1C. The van der Waals surface area contributed by atoms with E-state index in [9.17, 15) is 4.79 Å². The van der Waals surface area contributed by atoms with E-state index in [2.05, 4.69) is 12.7 Å². The molecular formula is C14H19NO2. The number of carbonyl (C=O) groups excluding carboxylic acids is 1. The second kappa shape index (κ2) is 6.24. The fourth-order valence-corrected chi connectivity index (χ4v) is 1.68. The van der Waals surface area contributed by atoms with Gasteiger partial charge < -0.3 is 10.0 Å². The lowest BCUT2D eigenvalue weighted by Gasteiger charge is -2.17. The maximum atomic E-state index is 11.4. The second-order valence-corrected chi connectivity index (χ2v) is 4.07. The first-order valence-electron chi connectivity index (χ1n) is 5.82. The summed E-state index contributed by atoms with van der Waals surface area (Å²) in [5, 5.41) is 8.84. The molecule has 3 nitrogen and oxygen atoms in total. The fourth-order valence-electron chi connectivity index (χ4n) is 1.68. The lowest BCUT2D eigenvalue weighted by atomic mass is 10.0. The van der Waals surface area contributed by atoms with Gasteiger partial charge in [-0.2, -0.15) is 0 Å². The number of hydrogen-bond acceptors (Lipinski definition) is 2. The summed E-state index contributed by atoms with van der Waals surface area (Å²) in [6.07, 6.45) is 7.67. The standard InChI is InChI=1S/C14H19NO2/c1-4-6-12-7-5-8-13(9-11(12)2)15(3)14(17)10-16/h5,8-9,16H,4,6,10H2,1-3H3. The van der Waals surface area contributed by atoms with Crippen LogP contribution in [0, 0.1) is 0 Å². The average molecular weight is 233 g/mol. The number of nitrogens with zero attached hydrogens (tertiary/aromatic N) is 1. The zero-order valence-electron chi connectivity index (χ0n) is 10.7. The number of allylic oxidation sites excluding steroid dienone is 4. The normalized spacial score (nSPS) is 14.7. The van der Waals surface area contributed by atoms with Gasteiger partial charge in [0.05, 0.1) is 0 Å². The van der Waals surface area contributed by atoms with Crippen molar-refractivity contribution in [3.63, 3.8) is 0 Å². The first-order chi connectivity index (χ1) is 8.10. The summed E-state index contributed by atoms with van der Waals surface area (Å²) in [6.45, 7) is 3.67. The first kappa shape index (κ1) is 13.5. The van der Waals surface area contributed by atoms with E-state index in [1.807, 2.05) is 25.2 Å². The minimum atomic E-state index is -0.473. The zero-order chi connectivity index (χ0) is 12.8. The third-order valence-corrected chi connectivity index (χ3v) is 2.75.